The Morgan fingerprint density at radius 3 is 2.62 bits per heavy atom. The number of benzene rings is 1. The van der Waals surface area contributed by atoms with Crippen molar-refractivity contribution in [1.29, 1.82) is 0 Å². The summed E-state index contributed by atoms with van der Waals surface area (Å²) < 4.78 is 5.53. The lowest BCUT2D eigenvalue weighted by molar-refractivity contribution is 0.101. The molecule has 5 nitrogen and oxygen atoms in total. The maximum atomic E-state index is 12.4. The van der Waals surface area contributed by atoms with Crippen LogP contribution in [0.3, 0.4) is 0 Å². The molecule has 2 aromatic rings. The van der Waals surface area contributed by atoms with Crippen molar-refractivity contribution >= 4 is 11.9 Å². The normalized spacial score (nSPS) is 15.1. The fourth-order valence-electron chi connectivity index (χ4n) is 2.31. The number of allylic oxidation sites excluding steroid dienone is 1. The molecule has 1 aromatic heterocycles. The number of carbonyl (C=O) groups is 1. The third-order valence-corrected chi connectivity index (χ3v) is 3.52. The number of phenols is 2. The number of fused-ring (bicyclic) bond motifs is 1. The second-order valence-electron chi connectivity index (χ2n) is 4.88. The average Bonchev–Trinajstić information content (AvgIpc) is 2.81. The smallest absolute Gasteiger partial charge is 0.235 e. The van der Waals surface area contributed by atoms with Crippen molar-refractivity contribution in [2.24, 2.45) is 0 Å². The third kappa shape index (κ3) is 1.94. The van der Waals surface area contributed by atoms with Crippen molar-refractivity contribution < 1.29 is 19.7 Å². The molecule has 0 saturated heterocycles. The largest absolute Gasteiger partial charge is 0.507 e. The van der Waals surface area contributed by atoms with E-state index in [0.29, 0.717) is 11.1 Å². The van der Waals surface area contributed by atoms with E-state index in [-0.39, 0.29) is 34.1 Å². The first kappa shape index (κ1) is 13.2. The minimum absolute atomic E-state index is 0.0679. The number of ketones is 1. The van der Waals surface area contributed by atoms with Gasteiger partial charge in [0.05, 0.1) is 0 Å². The van der Waals surface area contributed by atoms with Gasteiger partial charge >= 0.3 is 0 Å². The van der Waals surface area contributed by atoms with E-state index >= 15 is 0 Å². The van der Waals surface area contributed by atoms with E-state index in [0.717, 1.165) is 0 Å². The van der Waals surface area contributed by atoms with Crippen molar-refractivity contribution in [3.63, 3.8) is 0 Å². The zero-order valence-electron chi connectivity index (χ0n) is 11.5. The molecule has 0 saturated carbocycles. The molecule has 1 aliphatic heterocycles. The first-order valence-electron chi connectivity index (χ1n) is 6.40. The lowest BCUT2D eigenvalue weighted by Crippen LogP contribution is -1.98. The zero-order valence-corrected chi connectivity index (χ0v) is 11.5. The fourth-order valence-corrected chi connectivity index (χ4v) is 2.31. The van der Waals surface area contributed by atoms with Gasteiger partial charge in [-0.15, -0.1) is 0 Å². The topological polar surface area (TPSA) is 79.7 Å². The number of hydrogen-bond donors (Lipinski definition) is 2. The van der Waals surface area contributed by atoms with Crippen LogP contribution < -0.4 is 4.74 Å². The second kappa shape index (κ2) is 4.63. The van der Waals surface area contributed by atoms with Gasteiger partial charge in [-0.25, -0.2) is 0 Å². The number of ether oxygens (including phenoxy) is 1. The molecule has 0 atom stereocenters. The van der Waals surface area contributed by atoms with Crippen LogP contribution in [0.25, 0.3) is 6.08 Å². The van der Waals surface area contributed by atoms with Gasteiger partial charge in [-0.1, -0.05) is 6.07 Å². The van der Waals surface area contributed by atoms with Crippen molar-refractivity contribution in [2.75, 3.05) is 0 Å². The summed E-state index contributed by atoms with van der Waals surface area (Å²) in [5, 5.41) is 20.0. The van der Waals surface area contributed by atoms with E-state index in [1.165, 1.54) is 0 Å². The molecule has 1 aromatic carbocycles. The highest BCUT2D eigenvalue weighted by molar-refractivity contribution is 6.16. The Labute approximate surface area is 121 Å². The van der Waals surface area contributed by atoms with Gasteiger partial charge in [-0.2, -0.15) is 0 Å². The molecular formula is C16H13NO4. The van der Waals surface area contributed by atoms with Gasteiger partial charge in [0, 0.05) is 23.5 Å². The summed E-state index contributed by atoms with van der Waals surface area (Å²) in [5.74, 6) is -0.413. The van der Waals surface area contributed by atoms with Crippen LogP contribution in [0, 0.1) is 13.8 Å². The van der Waals surface area contributed by atoms with Crippen LogP contribution in [-0.2, 0) is 0 Å². The van der Waals surface area contributed by atoms with Crippen LogP contribution in [0.5, 0.6) is 17.2 Å². The van der Waals surface area contributed by atoms with E-state index in [4.69, 9.17) is 4.74 Å². The van der Waals surface area contributed by atoms with Crippen LogP contribution in [0.4, 0.5) is 0 Å². The van der Waals surface area contributed by atoms with Crippen molar-refractivity contribution in [3.8, 4) is 17.2 Å². The Morgan fingerprint density at radius 1 is 1.19 bits per heavy atom. The second-order valence-corrected chi connectivity index (χ2v) is 4.88. The summed E-state index contributed by atoms with van der Waals surface area (Å²) in [6, 6.07) is 3.53. The molecule has 3 rings (SSSR count). The number of aromatic hydroxyl groups is 2. The molecule has 0 aliphatic carbocycles. The molecule has 2 N–H and O–H groups in total. The molecule has 5 heteroatoms. The third-order valence-electron chi connectivity index (χ3n) is 3.52. The predicted octanol–water partition coefficient (Wildman–Crippen LogP) is 2.73. The van der Waals surface area contributed by atoms with Crippen molar-refractivity contribution in [2.45, 2.75) is 13.8 Å². The van der Waals surface area contributed by atoms with Gasteiger partial charge in [0.2, 0.25) is 5.78 Å². The highest BCUT2D eigenvalue weighted by Gasteiger charge is 2.34. The van der Waals surface area contributed by atoms with E-state index in [9.17, 15) is 15.0 Å². The molecule has 0 bridgehead atoms. The summed E-state index contributed by atoms with van der Waals surface area (Å²) in [4.78, 5) is 16.3. The van der Waals surface area contributed by atoms with E-state index < -0.39 is 5.78 Å². The molecule has 0 spiro atoms. The maximum absolute atomic E-state index is 12.4. The van der Waals surface area contributed by atoms with E-state index in [1.807, 2.05) is 0 Å². The molecule has 0 amide bonds. The fraction of sp³-hybridized carbons (Fsp3) is 0.125. The summed E-state index contributed by atoms with van der Waals surface area (Å²) >= 11 is 0. The van der Waals surface area contributed by atoms with Gasteiger partial charge in [0.25, 0.3) is 0 Å². The Balaban J connectivity index is 2.14. The van der Waals surface area contributed by atoms with Gasteiger partial charge in [-0.05, 0) is 31.6 Å². The van der Waals surface area contributed by atoms with Crippen molar-refractivity contribution in [3.05, 3.63) is 52.5 Å². The Kier molecular flexibility index (Phi) is 2.90. The Morgan fingerprint density at radius 2 is 1.95 bits per heavy atom. The van der Waals surface area contributed by atoms with E-state index in [2.05, 4.69) is 4.98 Å². The molecule has 2 heterocycles. The number of Topliss-reactive ketones (excluding diaryl/α,β-unsaturated/α-hetero) is 1. The number of rotatable bonds is 1. The molecule has 0 fully saturated rings. The minimum Gasteiger partial charge on any atom is -0.507 e. The number of carbonyl (C=O) groups excluding carboxylic acids is 1. The predicted molar refractivity (Wildman–Crippen MR) is 76.4 cm³/mol. The molecule has 106 valence electrons. The summed E-state index contributed by atoms with van der Waals surface area (Å²) in [7, 11) is 0. The summed E-state index contributed by atoms with van der Waals surface area (Å²) in [6.07, 6.45) is 4.79. The van der Waals surface area contributed by atoms with Gasteiger partial charge in [0.1, 0.15) is 22.8 Å². The number of phenolic OH excluding ortho intramolecular Hbond substituents is 2. The lowest BCUT2D eigenvalue weighted by Gasteiger charge is -2.09. The van der Waals surface area contributed by atoms with Gasteiger partial charge < -0.3 is 14.9 Å². The van der Waals surface area contributed by atoms with Crippen molar-refractivity contribution in [1.82, 2.24) is 4.98 Å². The number of pyridine rings is 1. The first-order valence-corrected chi connectivity index (χ1v) is 6.40. The van der Waals surface area contributed by atoms with Gasteiger partial charge in [-0.3, -0.25) is 9.78 Å². The zero-order chi connectivity index (χ0) is 15.1. The quantitative estimate of drug-likeness (QED) is 0.787. The standard InChI is InChI=1S/C16H13NO4/c1-8-13(18)9(2)16-12(14(8)19)15(20)11(21-16)6-10-4-3-5-17-7-10/h3-7,18-19H,1-2H3. The van der Waals surface area contributed by atoms with Gasteiger partial charge in [0.15, 0.2) is 5.76 Å². The lowest BCUT2D eigenvalue weighted by atomic mass is 10.0. The average molecular weight is 283 g/mol. The molecule has 0 unspecified atom stereocenters. The van der Waals surface area contributed by atoms with Crippen LogP contribution in [0.1, 0.15) is 27.0 Å². The molecule has 0 radical (unpaired) electrons. The Hall–Kier alpha value is -2.82. The van der Waals surface area contributed by atoms with E-state index in [1.54, 1.807) is 44.4 Å². The first-order chi connectivity index (χ1) is 10.0. The van der Waals surface area contributed by atoms with Crippen LogP contribution in [0.2, 0.25) is 0 Å². The Bertz CT molecular complexity index is 779. The molecular weight excluding hydrogens is 270 g/mol. The van der Waals surface area contributed by atoms with Crippen LogP contribution in [0.15, 0.2) is 30.3 Å². The number of hydrogen-bond acceptors (Lipinski definition) is 5. The highest BCUT2D eigenvalue weighted by Crippen LogP contribution is 2.46. The van der Waals surface area contributed by atoms with Crippen LogP contribution in [-0.4, -0.2) is 21.0 Å². The minimum atomic E-state index is -0.405. The SMILES string of the molecule is Cc1c(O)c(C)c2c(c1O)C(=O)C(=Cc1cccnc1)O2. The maximum Gasteiger partial charge on any atom is 0.235 e. The number of nitrogens with zero attached hydrogens (tertiary/aromatic N) is 1. The monoisotopic (exact) mass is 283 g/mol. The number of aromatic nitrogens is 1. The molecule has 1 aliphatic rings. The molecule has 21 heavy (non-hydrogen) atoms. The summed E-state index contributed by atoms with van der Waals surface area (Å²) in [5.41, 5.74) is 1.51. The summed E-state index contributed by atoms with van der Waals surface area (Å²) in [6.45, 7) is 3.19. The highest BCUT2D eigenvalue weighted by atomic mass is 16.5. The van der Waals surface area contributed by atoms with Crippen LogP contribution >= 0.6 is 0 Å².